The molecule has 3 N–H and O–H groups in total. The van der Waals surface area contributed by atoms with E-state index in [0.29, 0.717) is 38.1 Å². The third-order valence-electron chi connectivity index (χ3n) is 6.15. The minimum Gasteiger partial charge on any atom is -0.353 e. The minimum absolute atomic E-state index is 0.0783. The molecule has 1 heterocycles. The first kappa shape index (κ1) is 27.1. The maximum atomic E-state index is 13.5. The molecule has 0 unspecified atom stereocenters. The highest BCUT2D eigenvalue weighted by atomic mass is 35.5. The number of anilines is 2. The summed E-state index contributed by atoms with van der Waals surface area (Å²) in [5, 5.41) is 20.3. The van der Waals surface area contributed by atoms with E-state index in [1.54, 1.807) is 31.2 Å². The monoisotopic (exact) mass is 542 g/mol. The lowest BCUT2D eigenvalue weighted by molar-refractivity contribution is -0.114. The number of carbonyl (C=O) groups excluding carboxylic acids is 2. The predicted octanol–water partition coefficient (Wildman–Crippen LogP) is 6.66. The number of halogens is 1. The van der Waals surface area contributed by atoms with E-state index in [4.69, 9.17) is 11.6 Å². The molecule has 0 radical (unpaired) electrons. The summed E-state index contributed by atoms with van der Waals surface area (Å²) in [5.41, 5.74) is 5.35. The van der Waals surface area contributed by atoms with Gasteiger partial charge in [-0.3, -0.25) is 9.59 Å². The summed E-state index contributed by atoms with van der Waals surface area (Å²) in [5.74, 6) is -1.16. The molecule has 0 aromatic heterocycles. The van der Waals surface area contributed by atoms with Crippen molar-refractivity contribution in [2.45, 2.75) is 26.7 Å². The van der Waals surface area contributed by atoms with Crippen LogP contribution in [0.3, 0.4) is 0 Å². The fourth-order valence-corrected chi connectivity index (χ4v) is 5.40. The third-order valence-corrected chi connectivity index (χ3v) is 7.52. The highest BCUT2D eigenvalue weighted by Crippen LogP contribution is 2.43. The SMILES string of the molecule is CC1=C(C(=O)Nc2ccccc2)[C@@H](c2ccccc2Cl)C(C#N)=C(SCC(=O)Nc2cc(C)ccc2C)N1. The number of amides is 2. The molecule has 192 valence electrons. The average molecular weight is 543 g/mol. The van der Waals surface area contributed by atoms with Gasteiger partial charge in [0.1, 0.15) is 0 Å². The molecular weight excluding hydrogens is 516 g/mol. The Bertz CT molecular complexity index is 1490. The molecule has 4 rings (SSSR count). The normalized spacial score (nSPS) is 15.0. The molecule has 0 bridgehead atoms. The molecule has 2 amide bonds. The van der Waals surface area contributed by atoms with Crippen LogP contribution in [0, 0.1) is 25.2 Å². The number of nitrogens with one attached hydrogen (secondary N) is 3. The second-order valence-electron chi connectivity index (χ2n) is 8.95. The molecule has 0 fully saturated rings. The van der Waals surface area contributed by atoms with Gasteiger partial charge in [-0.1, -0.05) is 71.9 Å². The Kier molecular flexibility index (Phi) is 8.57. The van der Waals surface area contributed by atoms with Gasteiger partial charge < -0.3 is 16.0 Å². The Balaban J connectivity index is 1.64. The summed E-state index contributed by atoms with van der Waals surface area (Å²) < 4.78 is 0. The van der Waals surface area contributed by atoms with Gasteiger partial charge in [-0.15, -0.1) is 0 Å². The lowest BCUT2D eigenvalue weighted by Gasteiger charge is -2.30. The van der Waals surface area contributed by atoms with E-state index in [1.165, 1.54) is 11.8 Å². The van der Waals surface area contributed by atoms with E-state index in [2.05, 4.69) is 22.0 Å². The molecule has 0 aliphatic carbocycles. The lowest BCUT2D eigenvalue weighted by atomic mass is 9.82. The standard InChI is InChI=1S/C30H27ClN4O2S/c1-18-13-14-19(2)25(15-18)35-26(36)17-38-30-23(16-32)28(22-11-7-8-12-24(22)31)27(20(3)33-30)29(37)34-21-9-5-4-6-10-21/h4-15,28,33H,17H2,1-3H3,(H,34,37)(H,35,36)/t28-/m0/s1. The number of thioether (sulfide) groups is 1. The molecule has 0 saturated carbocycles. The van der Waals surface area contributed by atoms with Gasteiger partial charge in [0.15, 0.2) is 0 Å². The number of benzene rings is 3. The quantitative estimate of drug-likeness (QED) is 0.310. The van der Waals surface area contributed by atoms with Crippen LogP contribution >= 0.6 is 23.4 Å². The number of rotatable bonds is 7. The maximum absolute atomic E-state index is 13.5. The van der Waals surface area contributed by atoms with Crippen molar-refractivity contribution in [3.8, 4) is 6.07 Å². The van der Waals surface area contributed by atoms with Crippen LogP contribution < -0.4 is 16.0 Å². The van der Waals surface area contributed by atoms with E-state index >= 15 is 0 Å². The molecular formula is C30H27ClN4O2S. The second kappa shape index (κ2) is 12.0. The number of nitriles is 1. The number of aryl methyl sites for hydroxylation is 2. The van der Waals surface area contributed by atoms with E-state index in [0.717, 1.165) is 16.8 Å². The van der Waals surface area contributed by atoms with Crippen molar-refractivity contribution in [3.05, 3.63) is 116 Å². The summed E-state index contributed by atoms with van der Waals surface area (Å²) in [6, 6.07) is 24.5. The first-order valence-corrected chi connectivity index (χ1v) is 13.4. The number of hydrogen-bond donors (Lipinski definition) is 3. The van der Waals surface area contributed by atoms with E-state index < -0.39 is 5.92 Å². The number of dihydropyridines is 1. The van der Waals surface area contributed by atoms with Crippen molar-refractivity contribution in [1.82, 2.24) is 5.32 Å². The highest BCUT2D eigenvalue weighted by molar-refractivity contribution is 8.03. The molecule has 1 atom stereocenters. The van der Waals surface area contributed by atoms with Gasteiger partial charge in [0, 0.05) is 27.7 Å². The van der Waals surface area contributed by atoms with Crippen molar-refractivity contribution in [3.63, 3.8) is 0 Å². The van der Waals surface area contributed by atoms with E-state index in [9.17, 15) is 14.9 Å². The molecule has 38 heavy (non-hydrogen) atoms. The van der Waals surface area contributed by atoms with Gasteiger partial charge in [-0.25, -0.2) is 0 Å². The first-order chi connectivity index (χ1) is 18.3. The third kappa shape index (κ3) is 6.10. The molecule has 3 aromatic rings. The fraction of sp³-hybridized carbons (Fsp3) is 0.167. The van der Waals surface area contributed by atoms with Crippen LogP contribution in [0.15, 0.2) is 94.7 Å². The maximum Gasteiger partial charge on any atom is 0.254 e. The number of allylic oxidation sites excluding steroid dienone is 2. The van der Waals surface area contributed by atoms with E-state index in [1.807, 2.05) is 62.4 Å². The summed E-state index contributed by atoms with van der Waals surface area (Å²) in [7, 11) is 0. The number of para-hydroxylation sites is 1. The Hall–Kier alpha value is -3.99. The van der Waals surface area contributed by atoms with Crippen LogP contribution in [0.5, 0.6) is 0 Å². The average Bonchev–Trinajstić information content (AvgIpc) is 2.90. The smallest absolute Gasteiger partial charge is 0.254 e. The van der Waals surface area contributed by atoms with Gasteiger partial charge >= 0.3 is 0 Å². The van der Waals surface area contributed by atoms with Crippen LogP contribution in [0.1, 0.15) is 29.5 Å². The van der Waals surface area contributed by atoms with Gasteiger partial charge in [0.2, 0.25) is 5.91 Å². The zero-order chi connectivity index (χ0) is 27.2. The predicted molar refractivity (Wildman–Crippen MR) is 155 cm³/mol. The van der Waals surface area contributed by atoms with Crippen LogP contribution in [0.4, 0.5) is 11.4 Å². The molecule has 1 aliphatic rings. The molecule has 1 aliphatic heterocycles. The Morgan fingerprint density at radius 2 is 1.71 bits per heavy atom. The second-order valence-corrected chi connectivity index (χ2v) is 10.3. The summed E-state index contributed by atoms with van der Waals surface area (Å²) in [4.78, 5) is 26.3. The Morgan fingerprint density at radius 1 is 1.00 bits per heavy atom. The Morgan fingerprint density at radius 3 is 2.42 bits per heavy atom. The van der Waals surface area contributed by atoms with E-state index in [-0.39, 0.29) is 17.6 Å². The van der Waals surface area contributed by atoms with Crippen LogP contribution in [-0.2, 0) is 9.59 Å². The van der Waals surface area contributed by atoms with Crippen molar-refractivity contribution >= 4 is 46.6 Å². The minimum atomic E-state index is -0.705. The first-order valence-electron chi connectivity index (χ1n) is 12.0. The van der Waals surface area contributed by atoms with Gasteiger partial charge in [-0.2, -0.15) is 5.26 Å². The largest absolute Gasteiger partial charge is 0.353 e. The van der Waals surface area contributed by atoms with Crippen LogP contribution in [0.2, 0.25) is 5.02 Å². The van der Waals surface area contributed by atoms with Crippen molar-refractivity contribution in [2.75, 3.05) is 16.4 Å². The summed E-state index contributed by atoms with van der Waals surface area (Å²) >= 11 is 7.79. The number of nitrogens with zero attached hydrogens (tertiary/aromatic N) is 1. The molecule has 0 spiro atoms. The Labute approximate surface area is 231 Å². The van der Waals surface area contributed by atoms with Crippen molar-refractivity contribution < 1.29 is 9.59 Å². The van der Waals surface area contributed by atoms with Gasteiger partial charge in [-0.05, 0) is 61.7 Å². The number of hydrogen-bond acceptors (Lipinski definition) is 5. The highest BCUT2D eigenvalue weighted by Gasteiger charge is 2.36. The van der Waals surface area contributed by atoms with Crippen molar-refractivity contribution in [2.24, 2.45) is 0 Å². The zero-order valence-corrected chi connectivity index (χ0v) is 22.8. The van der Waals surface area contributed by atoms with Crippen LogP contribution in [-0.4, -0.2) is 17.6 Å². The molecule has 3 aromatic carbocycles. The molecule has 6 nitrogen and oxygen atoms in total. The fourth-order valence-electron chi connectivity index (χ4n) is 4.26. The molecule has 0 saturated heterocycles. The lowest BCUT2D eigenvalue weighted by Crippen LogP contribution is -2.31. The van der Waals surface area contributed by atoms with Crippen LogP contribution in [0.25, 0.3) is 0 Å². The summed E-state index contributed by atoms with van der Waals surface area (Å²) in [6.45, 7) is 5.69. The topological polar surface area (TPSA) is 94.0 Å². The van der Waals surface area contributed by atoms with Gasteiger partial charge in [0.05, 0.1) is 28.3 Å². The number of carbonyl (C=O) groups is 2. The van der Waals surface area contributed by atoms with Crippen molar-refractivity contribution in [1.29, 1.82) is 5.26 Å². The van der Waals surface area contributed by atoms with Gasteiger partial charge in [0.25, 0.3) is 5.91 Å². The zero-order valence-electron chi connectivity index (χ0n) is 21.3. The summed E-state index contributed by atoms with van der Waals surface area (Å²) in [6.07, 6.45) is 0. The molecule has 8 heteroatoms.